The van der Waals surface area contributed by atoms with Gasteiger partial charge in [-0.1, -0.05) is 0 Å². The van der Waals surface area contributed by atoms with E-state index in [0.717, 1.165) is 18.4 Å². The fraction of sp³-hybridized carbons (Fsp3) is 0.545. The van der Waals surface area contributed by atoms with Crippen LogP contribution in [-0.4, -0.2) is 81.9 Å². The number of methoxy groups -OCH3 is 1. The molecule has 0 N–H and O–H groups in total. The van der Waals surface area contributed by atoms with Gasteiger partial charge in [0.1, 0.15) is 0 Å². The number of aromatic nitrogens is 3. The second kappa shape index (κ2) is 10.0. The molecular formula is C22H29N5O4. The molecule has 2 aliphatic rings. The zero-order chi connectivity index (χ0) is 21.6. The van der Waals surface area contributed by atoms with Crippen LogP contribution in [0.5, 0.6) is 0 Å². The summed E-state index contributed by atoms with van der Waals surface area (Å²) >= 11 is 0. The van der Waals surface area contributed by atoms with Crippen molar-refractivity contribution < 1.29 is 19.1 Å². The Morgan fingerprint density at radius 1 is 1.16 bits per heavy atom. The third kappa shape index (κ3) is 4.77. The second-order valence-corrected chi connectivity index (χ2v) is 7.89. The number of β-lactam (4-membered cyclic amide) rings is 1. The van der Waals surface area contributed by atoms with Crippen molar-refractivity contribution in [3.63, 3.8) is 0 Å². The Morgan fingerprint density at radius 3 is 2.61 bits per heavy atom. The summed E-state index contributed by atoms with van der Waals surface area (Å²) in [4.78, 5) is 33.4. The number of ether oxygens (including phenoxy) is 2. The minimum absolute atomic E-state index is 0.0152. The largest absolute Gasteiger partial charge is 0.382 e. The Morgan fingerprint density at radius 2 is 1.94 bits per heavy atom. The van der Waals surface area contributed by atoms with Crippen LogP contribution in [0.3, 0.4) is 0 Å². The number of rotatable bonds is 9. The van der Waals surface area contributed by atoms with Gasteiger partial charge >= 0.3 is 0 Å². The number of hydrogen-bond donors (Lipinski definition) is 0. The average molecular weight is 428 g/mol. The molecule has 9 heteroatoms. The normalized spacial score (nSPS) is 21.9. The smallest absolute Gasteiger partial charge is 0.255 e. The standard InChI is InChI=1S/C22H29N5O4/c1-30-15-16-31-21-20(17-3-9-23-10-4-17)27(22(21)29)18-5-12-25(13-6-18)19(28)7-14-26-11-2-8-24-26/h2-4,8-11,18,20-21H,5-7,12-16H2,1H3/t20-,21+/m0/s1. The molecule has 2 aliphatic heterocycles. The summed E-state index contributed by atoms with van der Waals surface area (Å²) in [6.45, 7) is 2.73. The van der Waals surface area contributed by atoms with Crippen molar-refractivity contribution >= 4 is 11.8 Å². The van der Waals surface area contributed by atoms with Gasteiger partial charge in [0.2, 0.25) is 5.91 Å². The second-order valence-electron chi connectivity index (χ2n) is 7.89. The van der Waals surface area contributed by atoms with Crippen LogP contribution in [0.2, 0.25) is 0 Å². The van der Waals surface area contributed by atoms with E-state index in [1.807, 2.05) is 34.2 Å². The van der Waals surface area contributed by atoms with Crippen LogP contribution < -0.4 is 0 Å². The van der Waals surface area contributed by atoms with Gasteiger partial charge in [0.25, 0.3) is 5.91 Å². The Labute approximate surface area is 181 Å². The number of pyridine rings is 1. The predicted molar refractivity (Wildman–Crippen MR) is 112 cm³/mol. The topological polar surface area (TPSA) is 89.8 Å². The molecule has 2 aromatic heterocycles. The van der Waals surface area contributed by atoms with Crippen LogP contribution in [0.4, 0.5) is 0 Å². The molecule has 31 heavy (non-hydrogen) atoms. The lowest BCUT2D eigenvalue weighted by Crippen LogP contribution is -2.65. The number of nitrogens with zero attached hydrogens (tertiary/aromatic N) is 5. The van der Waals surface area contributed by atoms with Gasteiger partial charge in [0.15, 0.2) is 6.10 Å². The van der Waals surface area contributed by atoms with Crippen molar-refractivity contribution in [3.8, 4) is 0 Å². The maximum atomic E-state index is 12.9. The quantitative estimate of drug-likeness (QED) is 0.442. The molecule has 0 aliphatic carbocycles. The zero-order valence-corrected chi connectivity index (χ0v) is 17.8. The summed E-state index contributed by atoms with van der Waals surface area (Å²) in [5.74, 6) is 0.150. The van der Waals surface area contributed by atoms with E-state index >= 15 is 0 Å². The number of hydrogen-bond acceptors (Lipinski definition) is 6. The Kier molecular flexibility index (Phi) is 6.93. The van der Waals surface area contributed by atoms with E-state index in [1.54, 1.807) is 30.4 Å². The summed E-state index contributed by atoms with van der Waals surface area (Å²) < 4.78 is 12.7. The monoisotopic (exact) mass is 427 g/mol. The van der Waals surface area contributed by atoms with Crippen molar-refractivity contribution in [1.29, 1.82) is 0 Å². The number of carbonyl (C=O) groups excluding carboxylic acids is 2. The minimum atomic E-state index is -0.494. The molecule has 0 saturated carbocycles. The van der Waals surface area contributed by atoms with Gasteiger partial charge in [-0.3, -0.25) is 19.3 Å². The molecule has 0 bridgehead atoms. The molecule has 4 rings (SSSR count). The first kappa shape index (κ1) is 21.5. The van der Waals surface area contributed by atoms with Gasteiger partial charge in [-0.25, -0.2) is 0 Å². The first-order chi connectivity index (χ1) is 15.2. The number of amides is 2. The van der Waals surface area contributed by atoms with E-state index in [9.17, 15) is 9.59 Å². The van der Waals surface area contributed by atoms with E-state index in [-0.39, 0.29) is 23.9 Å². The number of piperidine rings is 1. The summed E-state index contributed by atoms with van der Waals surface area (Å²) in [5, 5.41) is 4.14. The molecule has 0 aromatic carbocycles. The van der Waals surface area contributed by atoms with E-state index in [1.165, 1.54) is 0 Å². The van der Waals surface area contributed by atoms with Crippen molar-refractivity contribution in [3.05, 3.63) is 48.5 Å². The lowest BCUT2D eigenvalue weighted by atomic mass is 9.86. The van der Waals surface area contributed by atoms with Crippen LogP contribution in [0.1, 0.15) is 30.9 Å². The lowest BCUT2D eigenvalue weighted by molar-refractivity contribution is -0.184. The zero-order valence-electron chi connectivity index (χ0n) is 17.8. The molecule has 0 spiro atoms. The van der Waals surface area contributed by atoms with Crippen molar-refractivity contribution in [2.24, 2.45) is 0 Å². The van der Waals surface area contributed by atoms with E-state index in [2.05, 4.69) is 10.1 Å². The van der Waals surface area contributed by atoms with E-state index < -0.39 is 6.10 Å². The highest BCUT2D eigenvalue weighted by Crippen LogP contribution is 2.40. The van der Waals surface area contributed by atoms with Crippen LogP contribution in [0.25, 0.3) is 0 Å². The summed E-state index contributed by atoms with van der Waals surface area (Å²) in [7, 11) is 1.61. The molecule has 166 valence electrons. The Balaban J connectivity index is 1.35. The highest BCUT2D eigenvalue weighted by molar-refractivity contribution is 5.89. The maximum absolute atomic E-state index is 12.9. The van der Waals surface area contributed by atoms with E-state index in [0.29, 0.717) is 39.3 Å². The Bertz CT molecular complexity index is 852. The molecule has 2 fully saturated rings. The molecule has 4 heterocycles. The van der Waals surface area contributed by atoms with Crippen LogP contribution >= 0.6 is 0 Å². The highest BCUT2D eigenvalue weighted by Gasteiger charge is 2.52. The summed E-state index contributed by atoms with van der Waals surface area (Å²) in [6.07, 6.45) is 8.53. The third-order valence-corrected chi connectivity index (χ3v) is 6.04. The Hall–Kier alpha value is -2.78. The van der Waals surface area contributed by atoms with E-state index in [4.69, 9.17) is 9.47 Å². The minimum Gasteiger partial charge on any atom is -0.382 e. The van der Waals surface area contributed by atoms with Crippen molar-refractivity contribution in [1.82, 2.24) is 24.6 Å². The van der Waals surface area contributed by atoms with Crippen molar-refractivity contribution in [2.75, 3.05) is 33.4 Å². The van der Waals surface area contributed by atoms with Gasteiger partial charge in [-0.05, 0) is 36.6 Å². The molecule has 2 aromatic rings. The third-order valence-electron chi connectivity index (χ3n) is 6.04. The summed E-state index contributed by atoms with van der Waals surface area (Å²) in [5.41, 5.74) is 1.02. The molecule has 2 amide bonds. The molecule has 2 saturated heterocycles. The average Bonchev–Trinajstić information content (AvgIpc) is 3.33. The first-order valence-corrected chi connectivity index (χ1v) is 10.8. The van der Waals surface area contributed by atoms with Gasteiger partial charge in [0, 0.05) is 64.0 Å². The van der Waals surface area contributed by atoms with Crippen LogP contribution in [0.15, 0.2) is 43.0 Å². The highest BCUT2D eigenvalue weighted by atomic mass is 16.5. The molecule has 9 nitrogen and oxygen atoms in total. The predicted octanol–water partition coefficient (Wildman–Crippen LogP) is 1.27. The van der Waals surface area contributed by atoms with Crippen LogP contribution in [-0.2, 0) is 25.6 Å². The molecule has 0 radical (unpaired) electrons. The molecule has 0 unspecified atom stereocenters. The first-order valence-electron chi connectivity index (χ1n) is 10.8. The van der Waals surface area contributed by atoms with Crippen LogP contribution in [0, 0.1) is 0 Å². The maximum Gasteiger partial charge on any atom is 0.255 e. The molecular weight excluding hydrogens is 398 g/mol. The van der Waals surface area contributed by atoms with Gasteiger partial charge in [-0.2, -0.15) is 5.10 Å². The van der Waals surface area contributed by atoms with Gasteiger partial charge in [0.05, 0.1) is 19.3 Å². The number of aryl methyl sites for hydroxylation is 1. The number of carbonyl (C=O) groups is 2. The summed E-state index contributed by atoms with van der Waals surface area (Å²) in [6, 6.07) is 5.70. The van der Waals surface area contributed by atoms with Gasteiger partial charge < -0.3 is 19.3 Å². The van der Waals surface area contributed by atoms with Gasteiger partial charge in [-0.15, -0.1) is 0 Å². The fourth-order valence-electron chi connectivity index (χ4n) is 4.40. The lowest BCUT2D eigenvalue weighted by Gasteiger charge is -2.52. The molecule has 2 atom stereocenters. The fourth-order valence-corrected chi connectivity index (χ4v) is 4.40. The van der Waals surface area contributed by atoms with Crippen molar-refractivity contribution in [2.45, 2.75) is 44.0 Å². The SMILES string of the molecule is COCCO[C@H]1C(=O)N(C2CCN(C(=O)CCn3cccn3)CC2)[C@H]1c1ccncc1. The number of likely N-dealkylation sites (tertiary alicyclic amines) is 2.